The fraction of sp³-hybridized carbons (Fsp3) is 0.750. The number of aryl methyl sites for hydroxylation is 2. The molecule has 6 aromatic rings. The van der Waals surface area contributed by atoms with E-state index in [1.807, 2.05) is 69.2 Å². The van der Waals surface area contributed by atoms with Gasteiger partial charge in [-0.15, -0.1) is 0 Å². The molecule has 10 heterocycles. The minimum Gasteiger partial charge on any atom is -0.383 e. The van der Waals surface area contributed by atoms with Crippen molar-refractivity contribution in [1.29, 1.82) is 0 Å². The average molecular weight is 1660 g/mol. The van der Waals surface area contributed by atoms with Crippen molar-refractivity contribution in [2.24, 2.45) is 21.7 Å². The van der Waals surface area contributed by atoms with Crippen LogP contribution in [0.5, 0.6) is 0 Å². The molecule has 4 aliphatic heterocycles. The molecule has 6 aromatic heterocycles. The van der Waals surface area contributed by atoms with Crippen LogP contribution in [0.15, 0.2) is 44.2 Å². The van der Waals surface area contributed by atoms with E-state index >= 15 is 0 Å². The van der Waals surface area contributed by atoms with Gasteiger partial charge in [0.1, 0.15) is 36.5 Å². The molecule has 4 saturated heterocycles. The largest absolute Gasteiger partial charge is 0.473 e. The molecule has 3 unspecified atom stereocenters. The Balaban J connectivity index is 0.000000208. The van der Waals surface area contributed by atoms with E-state index in [1.165, 1.54) is 21.8 Å². The average Bonchev–Trinajstić information content (AvgIpc) is 1.63. The molecule has 0 radical (unpaired) electrons. The van der Waals surface area contributed by atoms with E-state index < -0.39 is 105 Å². The number of H-pyrrole nitrogens is 2. The van der Waals surface area contributed by atoms with Crippen LogP contribution in [0.2, 0.25) is 0 Å². The summed E-state index contributed by atoms with van der Waals surface area (Å²) in [4.78, 5) is 109. The molecule has 4 fully saturated rings. The molecule has 13 N–H and O–H groups in total. The van der Waals surface area contributed by atoms with Crippen LogP contribution in [-0.4, -0.2) is 144 Å². The van der Waals surface area contributed by atoms with Gasteiger partial charge in [-0.3, -0.25) is 55.9 Å². The zero-order valence-electron chi connectivity index (χ0n) is 69.7. The Morgan fingerprint density at radius 2 is 0.732 bits per heavy atom. The van der Waals surface area contributed by atoms with Crippen LogP contribution in [0.25, 0.3) is 22.3 Å². The maximum Gasteiger partial charge on any atom is 0.473 e. The Labute approximate surface area is 659 Å². The van der Waals surface area contributed by atoms with E-state index in [-0.39, 0.29) is 111 Å². The Morgan fingerprint density at radius 3 is 1.03 bits per heavy atom. The van der Waals surface area contributed by atoms with Gasteiger partial charge >= 0.3 is 33.7 Å². The zero-order valence-corrected chi connectivity index (χ0v) is 73.2. The van der Waals surface area contributed by atoms with Crippen LogP contribution >= 0.6 is 22.4 Å². The maximum absolute atomic E-state index is 12.6. The van der Waals surface area contributed by atoms with E-state index in [0.29, 0.717) is 43.3 Å². The van der Waals surface area contributed by atoms with Crippen molar-refractivity contribution >= 4 is 80.0 Å². The number of nitrogen functional groups attached to an aromatic ring is 4. The van der Waals surface area contributed by atoms with Gasteiger partial charge in [-0.05, 0) is 156 Å². The molecule has 4 aliphatic rings. The summed E-state index contributed by atoms with van der Waals surface area (Å²) >= 11 is 5.25. The number of nitrogens with two attached hydrogens (primary N) is 4. The first kappa shape index (κ1) is 93.4. The lowest BCUT2D eigenvalue weighted by Gasteiger charge is -2.31. The van der Waals surface area contributed by atoms with Gasteiger partial charge in [0.25, 0.3) is 11.1 Å². The number of fused-ring (bicyclic) bond motifs is 2. The first-order chi connectivity index (χ1) is 50.7. The molecule has 0 aliphatic carbocycles. The Bertz CT molecular complexity index is 4460. The number of imidazole rings is 2. The number of nitrogens with one attached hydrogen (secondary N) is 2. The Kier molecular flexibility index (Phi) is 29.0. The van der Waals surface area contributed by atoms with Crippen LogP contribution < -0.4 is 45.4 Å². The highest BCUT2D eigenvalue weighted by atomic mass is 32.5. The van der Waals surface area contributed by atoms with Crippen LogP contribution in [-0.2, 0) is 71.8 Å². The van der Waals surface area contributed by atoms with Crippen molar-refractivity contribution in [3.63, 3.8) is 0 Å². The normalized spacial score (nSPS) is 25.2. The maximum atomic E-state index is 12.6. The smallest absolute Gasteiger partial charge is 0.383 e. The second-order valence-electron chi connectivity index (χ2n) is 37.8. The number of ether oxygens (including phenoxy) is 5. The van der Waals surface area contributed by atoms with Gasteiger partial charge in [-0.25, -0.2) is 28.7 Å². The summed E-state index contributed by atoms with van der Waals surface area (Å²) in [6.45, 7) is 46.7. The van der Waals surface area contributed by atoms with Crippen LogP contribution in [0.3, 0.4) is 0 Å². The van der Waals surface area contributed by atoms with Gasteiger partial charge in [0.05, 0.1) is 83.9 Å². The SMILES string of the molecule is CC(C)(C)C[C@H]1O[C@@H](n2cnc3c(=O)[nH]c(N)nc32)C[C@@H]1OP(=O)(O)OC(C)(C)C.CC(C)(C)C[C@H]1O[C@@H](n2cnc3c(=O)[nH]c(N)nc32)C[C@@H]1OP(O)(=S)OC(C)(C)C.Cc1cn([C@H]2C[C@H](OC(C)(C)C)[C@@H](CC(C)(C)C)O2)c(=O)nc1N.Cc1cn([C@H]2C[C@H](OP(=O)(O)OC(C)(C)C)[C@@H](CC(C)(C)C)O2)c(=O)nc1N. The summed E-state index contributed by atoms with van der Waals surface area (Å²) in [7, 11) is -8.65. The van der Waals surface area contributed by atoms with Gasteiger partial charge in [0.15, 0.2) is 22.3 Å². The molecule has 0 saturated carbocycles. The standard InChI is InChI=1S/C18H30N5O6P.C18H30N5O5PS.C18H32N3O6P.C18H31N3O3/c1-17(2,3)8-11-10(28-30(25,26)29-18(4,5)6)7-12(27-11)23-9-20-13-14(23)21-16(19)22-15(13)24;1-17(2,3)8-11-10(27-29(25,30)28-18(4,5)6)7-12(26-11)23-9-20-13-14(23)21-16(19)22-15(13)24;1-11-10-21(16(22)20-15(11)19)14-8-12(13(25-14)9-17(2,3)4)26-28(23,24)27-18(5,6)7;1-11-10-21(16(22)20-15(11)19)14-8-12(24-18(5,6)7)13(23-14)9-17(2,3)4/h9-12H,7-8H2,1-6H3,(H,25,26)(H3,19,21,22,24);9-12H,7-8H2,1-6H3,(H,25,30)(H3,19,21,22,24);10,12-14H,8-9H2,1-7H3,(H,23,24)(H2,19,20,22);10,12-14H,8-9H2,1-7H3,(H2,19,20,22)/t10-,11+,12+;10-,11+,12+,29?;2*12-,13+,14+/m0000/s1. The predicted molar refractivity (Wildman–Crippen MR) is 429 cm³/mol. The van der Waals surface area contributed by atoms with Crippen molar-refractivity contribution < 1.29 is 74.6 Å². The summed E-state index contributed by atoms with van der Waals surface area (Å²) in [5.74, 6) is 0.389. The summed E-state index contributed by atoms with van der Waals surface area (Å²) in [6.07, 6.45) is 4.90. The summed E-state index contributed by atoms with van der Waals surface area (Å²) in [5, 5.41) is 0. The third kappa shape index (κ3) is 28.3. The van der Waals surface area contributed by atoms with Crippen molar-refractivity contribution in [2.75, 3.05) is 22.9 Å². The van der Waals surface area contributed by atoms with E-state index in [4.69, 9.17) is 85.6 Å². The minimum absolute atomic E-state index is 0.00396. The van der Waals surface area contributed by atoms with Crippen LogP contribution in [0.1, 0.15) is 254 Å². The molecule has 36 nitrogen and oxygen atoms in total. The number of aromatic nitrogens is 12. The van der Waals surface area contributed by atoms with Gasteiger partial charge < -0.3 is 70.3 Å². The summed E-state index contributed by atoms with van der Waals surface area (Å²) in [6, 6.07) is 0. The number of hydrogen-bond donors (Lipinski definition) is 9. The molecule has 15 atom stereocenters. The number of hydrogen-bond acceptors (Lipinski definition) is 28. The second-order valence-corrected chi connectivity index (χ2v) is 43.2. The van der Waals surface area contributed by atoms with Gasteiger partial charge in [0.2, 0.25) is 11.9 Å². The predicted octanol–water partition coefficient (Wildman–Crippen LogP) is 11.8. The van der Waals surface area contributed by atoms with Crippen LogP contribution in [0.4, 0.5) is 23.5 Å². The van der Waals surface area contributed by atoms with Gasteiger partial charge in [0, 0.05) is 49.2 Å². The molecule has 632 valence electrons. The molecule has 0 spiro atoms. The summed E-state index contributed by atoms with van der Waals surface area (Å²) < 4.78 is 95.0. The highest BCUT2D eigenvalue weighted by Crippen LogP contribution is 2.55. The van der Waals surface area contributed by atoms with E-state index in [0.717, 1.165) is 12.0 Å². The fourth-order valence-electron chi connectivity index (χ4n) is 13.0. The van der Waals surface area contributed by atoms with Crippen molar-refractivity contribution in [3.8, 4) is 0 Å². The van der Waals surface area contributed by atoms with Crippen molar-refractivity contribution in [2.45, 2.75) is 328 Å². The first-order valence-electron chi connectivity index (χ1n) is 37.3. The zero-order chi connectivity index (χ0) is 84.7. The number of aromatic amines is 2. The van der Waals surface area contributed by atoms with E-state index in [1.54, 1.807) is 90.8 Å². The number of phosphoric ester groups is 2. The molecular weight excluding hydrogens is 1530 g/mol. The van der Waals surface area contributed by atoms with Crippen molar-refractivity contribution in [3.05, 3.63) is 77.9 Å². The van der Waals surface area contributed by atoms with Gasteiger partial charge in [-0.2, -0.15) is 19.9 Å². The number of anilines is 4. The Hall–Kier alpha value is -5.79. The highest BCUT2D eigenvalue weighted by molar-refractivity contribution is 8.07. The third-order valence-electron chi connectivity index (χ3n) is 16.9. The fourth-order valence-corrected chi connectivity index (χ4v) is 17.9. The number of rotatable bonds is 18. The lowest BCUT2D eigenvalue weighted by atomic mass is 9.87. The molecule has 0 bridgehead atoms. The Morgan fingerprint density at radius 1 is 0.446 bits per heavy atom. The number of phosphoric acid groups is 2. The highest BCUT2D eigenvalue weighted by Gasteiger charge is 2.48. The lowest BCUT2D eigenvalue weighted by molar-refractivity contribution is -0.102. The molecule has 0 amide bonds. The van der Waals surface area contributed by atoms with Crippen molar-refractivity contribution in [1.82, 2.24) is 58.1 Å². The third-order valence-corrected chi connectivity index (χ3v) is 21.4. The molecule has 10 rings (SSSR count). The number of nitrogens with zero attached hydrogens (tertiary/aromatic N) is 10. The quantitative estimate of drug-likeness (QED) is 0.0361. The topological polar surface area (TPSA) is 497 Å². The lowest BCUT2D eigenvalue weighted by Crippen LogP contribution is -2.35. The minimum atomic E-state index is -4.33. The second kappa shape index (κ2) is 34.8. The molecule has 0 aromatic carbocycles. The van der Waals surface area contributed by atoms with E-state index in [9.17, 15) is 43.0 Å². The van der Waals surface area contributed by atoms with Crippen LogP contribution in [0, 0.1) is 35.5 Å². The molecule has 40 heteroatoms. The van der Waals surface area contributed by atoms with Gasteiger partial charge in [-0.1, -0.05) is 83.1 Å². The first-order valence-corrected chi connectivity index (χ1v) is 42.9. The monoisotopic (exact) mass is 1660 g/mol. The van der Waals surface area contributed by atoms with E-state index in [2.05, 4.69) is 81.4 Å². The molecular formula is C72H123N16O20P3S. The molecule has 112 heavy (non-hydrogen) atoms. The summed E-state index contributed by atoms with van der Waals surface area (Å²) in [5.41, 5.74) is 20.5.